The van der Waals surface area contributed by atoms with Crippen molar-refractivity contribution in [3.8, 4) is 5.95 Å². The quantitative estimate of drug-likeness (QED) is 0.776. The molecule has 3 heterocycles. The Hall–Kier alpha value is -2.34. The third-order valence-corrected chi connectivity index (χ3v) is 5.14. The molecule has 1 aromatic carbocycles. The van der Waals surface area contributed by atoms with Crippen molar-refractivity contribution in [3.63, 3.8) is 0 Å². The Labute approximate surface area is 140 Å². The van der Waals surface area contributed by atoms with Crippen LogP contribution in [0.3, 0.4) is 0 Å². The molecule has 6 heteroatoms. The highest BCUT2D eigenvalue weighted by Gasteiger charge is 2.21. The van der Waals surface area contributed by atoms with Crippen LogP contribution in [0, 0.1) is 12.8 Å². The smallest absolute Gasteiger partial charge is 0.277 e. The molecule has 1 saturated heterocycles. The van der Waals surface area contributed by atoms with E-state index in [0.29, 0.717) is 11.9 Å². The Balaban J connectivity index is 1.64. The van der Waals surface area contributed by atoms with Gasteiger partial charge in [-0.05, 0) is 64.4 Å². The minimum absolute atomic E-state index is 0.0167. The zero-order valence-electron chi connectivity index (χ0n) is 14.2. The first-order valence-electron chi connectivity index (χ1n) is 8.56. The van der Waals surface area contributed by atoms with Crippen LogP contribution in [0.25, 0.3) is 17.0 Å². The predicted octanol–water partition coefficient (Wildman–Crippen LogP) is 2.23. The largest absolute Gasteiger partial charge is 0.322 e. The normalized spacial score (nSPS) is 16.9. The van der Waals surface area contributed by atoms with E-state index < -0.39 is 0 Å². The van der Waals surface area contributed by atoms with Gasteiger partial charge in [0.25, 0.3) is 5.56 Å². The summed E-state index contributed by atoms with van der Waals surface area (Å²) in [6, 6.07) is 7.81. The second kappa shape index (κ2) is 5.94. The highest BCUT2D eigenvalue weighted by molar-refractivity contribution is 5.75. The number of aromatic nitrogens is 4. The molecule has 4 rings (SSSR count). The number of para-hydroxylation sites is 2. The van der Waals surface area contributed by atoms with Gasteiger partial charge in [-0.25, -0.2) is 4.98 Å². The number of hydrogen-bond donors (Lipinski definition) is 2. The summed E-state index contributed by atoms with van der Waals surface area (Å²) in [7, 11) is 2.17. The van der Waals surface area contributed by atoms with Gasteiger partial charge in [-0.15, -0.1) is 0 Å². The first kappa shape index (κ1) is 15.2. The van der Waals surface area contributed by atoms with Crippen molar-refractivity contribution in [3.05, 3.63) is 45.9 Å². The maximum Gasteiger partial charge on any atom is 0.277 e. The molecule has 126 valence electrons. The summed E-state index contributed by atoms with van der Waals surface area (Å²) in [5, 5.41) is 3.28. The van der Waals surface area contributed by atoms with Crippen molar-refractivity contribution in [1.82, 2.24) is 24.6 Å². The maximum atomic E-state index is 12.6. The van der Waals surface area contributed by atoms with Gasteiger partial charge in [0.1, 0.15) is 0 Å². The summed E-state index contributed by atoms with van der Waals surface area (Å²) in [6.07, 6.45) is 3.31. The van der Waals surface area contributed by atoms with Gasteiger partial charge in [0, 0.05) is 11.3 Å². The van der Waals surface area contributed by atoms with Crippen LogP contribution in [0.5, 0.6) is 0 Å². The summed E-state index contributed by atoms with van der Waals surface area (Å²) in [5.41, 5.74) is 3.62. The maximum absolute atomic E-state index is 12.6. The van der Waals surface area contributed by atoms with Crippen LogP contribution in [-0.4, -0.2) is 44.8 Å². The number of imidazole rings is 1. The van der Waals surface area contributed by atoms with Crippen LogP contribution in [0.4, 0.5) is 0 Å². The molecule has 0 aliphatic carbocycles. The number of nitrogens with one attached hydrogen (secondary N) is 2. The molecule has 0 atom stereocenters. The fourth-order valence-corrected chi connectivity index (χ4v) is 3.51. The van der Waals surface area contributed by atoms with Crippen molar-refractivity contribution in [2.75, 3.05) is 20.1 Å². The predicted molar refractivity (Wildman–Crippen MR) is 94.7 cm³/mol. The molecule has 1 aliphatic rings. The van der Waals surface area contributed by atoms with Gasteiger partial charge >= 0.3 is 0 Å². The lowest BCUT2D eigenvalue weighted by Crippen LogP contribution is -2.31. The molecule has 2 aromatic heterocycles. The summed E-state index contributed by atoms with van der Waals surface area (Å²) in [4.78, 5) is 22.7. The summed E-state index contributed by atoms with van der Waals surface area (Å²) >= 11 is 0. The standard InChI is InChI=1S/C18H23N5O/c1-12-16(11-13-7-9-22(2)10-8-13)21-23(17(12)24)18-19-14-5-3-4-6-15(14)20-18/h3-6,13,21H,7-11H2,1-2H3,(H,19,20). The number of benzene rings is 1. The van der Waals surface area contributed by atoms with Gasteiger partial charge in [0.15, 0.2) is 0 Å². The first-order valence-corrected chi connectivity index (χ1v) is 8.56. The van der Waals surface area contributed by atoms with Crippen LogP contribution in [0.1, 0.15) is 24.1 Å². The third-order valence-electron chi connectivity index (χ3n) is 5.14. The van der Waals surface area contributed by atoms with Gasteiger partial charge in [-0.3, -0.25) is 9.89 Å². The summed E-state index contributed by atoms with van der Waals surface area (Å²) < 4.78 is 1.54. The lowest BCUT2D eigenvalue weighted by Gasteiger charge is -2.28. The Morgan fingerprint density at radius 1 is 1.25 bits per heavy atom. The Bertz CT molecular complexity index is 878. The van der Waals surface area contributed by atoms with Gasteiger partial charge in [0.05, 0.1) is 11.0 Å². The van der Waals surface area contributed by atoms with Crippen molar-refractivity contribution in [2.24, 2.45) is 5.92 Å². The van der Waals surface area contributed by atoms with E-state index in [1.54, 1.807) is 4.68 Å². The number of nitrogens with zero attached hydrogens (tertiary/aromatic N) is 3. The molecule has 6 nitrogen and oxygen atoms in total. The monoisotopic (exact) mass is 325 g/mol. The van der Waals surface area contributed by atoms with Crippen LogP contribution in [0.2, 0.25) is 0 Å². The van der Waals surface area contributed by atoms with Crippen molar-refractivity contribution in [1.29, 1.82) is 0 Å². The Morgan fingerprint density at radius 2 is 2.00 bits per heavy atom. The molecular weight excluding hydrogens is 302 g/mol. The van der Waals surface area contributed by atoms with Crippen LogP contribution < -0.4 is 5.56 Å². The molecule has 1 fully saturated rings. The molecule has 0 saturated carbocycles. The number of hydrogen-bond acceptors (Lipinski definition) is 3. The SMILES string of the molecule is Cc1c(CC2CCN(C)CC2)[nH]n(-c2nc3ccccc3[nH]2)c1=O. The zero-order chi connectivity index (χ0) is 16.7. The highest BCUT2D eigenvalue weighted by Crippen LogP contribution is 2.21. The molecule has 2 N–H and O–H groups in total. The van der Waals surface area contributed by atoms with Crippen molar-refractivity contribution in [2.45, 2.75) is 26.2 Å². The topological polar surface area (TPSA) is 69.7 Å². The zero-order valence-corrected chi connectivity index (χ0v) is 14.2. The fraction of sp³-hybridized carbons (Fsp3) is 0.444. The van der Waals surface area contributed by atoms with E-state index in [2.05, 4.69) is 27.0 Å². The van der Waals surface area contributed by atoms with Crippen LogP contribution in [-0.2, 0) is 6.42 Å². The Morgan fingerprint density at radius 3 is 2.75 bits per heavy atom. The molecular formula is C18H23N5O. The van der Waals surface area contributed by atoms with Crippen molar-refractivity contribution >= 4 is 11.0 Å². The second-order valence-electron chi connectivity index (χ2n) is 6.88. The highest BCUT2D eigenvalue weighted by atomic mass is 16.1. The summed E-state index contributed by atoms with van der Waals surface area (Å²) in [5.74, 6) is 1.20. The van der Waals surface area contributed by atoms with Gasteiger partial charge in [-0.1, -0.05) is 12.1 Å². The van der Waals surface area contributed by atoms with E-state index in [9.17, 15) is 4.79 Å². The minimum atomic E-state index is -0.0167. The lowest BCUT2D eigenvalue weighted by molar-refractivity contribution is 0.218. The molecule has 1 aliphatic heterocycles. The van der Waals surface area contributed by atoms with Crippen LogP contribution >= 0.6 is 0 Å². The average molecular weight is 325 g/mol. The van der Waals surface area contributed by atoms with E-state index in [0.717, 1.165) is 41.8 Å². The van der Waals surface area contributed by atoms with Crippen molar-refractivity contribution < 1.29 is 0 Å². The van der Waals surface area contributed by atoms with E-state index in [1.165, 1.54) is 12.8 Å². The second-order valence-corrected chi connectivity index (χ2v) is 6.88. The van der Waals surface area contributed by atoms with E-state index in [1.807, 2.05) is 31.2 Å². The van der Waals surface area contributed by atoms with Gasteiger partial charge in [-0.2, -0.15) is 4.68 Å². The van der Waals surface area contributed by atoms with E-state index in [-0.39, 0.29) is 5.56 Å². The minimum Gasteiger partial charge on any atom is -0.322 e. The average Bonchev–Trinajstić information content (AvgIpc) is 3.13. The molecule has 3 aromatic rings. The molecule has 0 spiro atoms. The molecule has 0 amide bonds. The number of fused-ring (bicyclic) bond motifs is 1. The van der Waals surface area contributed by atoms with E-state index in [4.69, 9.17) is 0 Å². The molecule has 0 radical (unpaired) electrons. The third kappa shape index (κ3) is 2.67. The Kier molecular flexibility index (Phi) is 3.76. The number of piperidine rings is 1. The number of rotatable bonds is 3. The lowest BCUT2D eigenvalue weighted by atomic mass is 9.91. The number of aromatic amines is 2. The molecule has 0 unspecified atom stereocenters. The van der Waals surface area contributed by atoms with E-state index >= 15 is 0 Å². The van der Waals surface area contributed by atoms with Gasteiger partial charge in [0.2, 0.25) is 5.95 Å². The number of likely N-dealkylation sites (tertiary alicyclic amines) is 1. The number of H-pyrrole nitrogens is 2. The van der Waals surface area contributed by atoms with Gasteiger partial charge < -0.3 is 9.88 Å². The first-order chi connectivity index (χ1) is 11.6. The van der Waals surface area contributed by atoms with Crippen LogP contribution in [0.15, 0.2) is 29.1 Å². The molecule has 24 heavy (non-hydrogen) atoms. The fourth-order valence-electron chi connectivity index (χ4n) is 3.51. The molecule has 0 bridgehead atoms. The summed E-state index contributed by atoms with van der Waals surface area (Å²) in [6.45, 7) is 4.18.